The standard InChI is InChI=1S/C13H16N2O4/c1-8(13(18)19-9(2)11(14)16)15-12(17)10-6-4-3-5-7-10/h3-9H,1-2H3,(H2,14,16)(H,15,17)/t8-,9-/m0/s1. The Morgan fingerprint density at radius 3 is 2.26 bits per heavy atom. The number of rotatable bonds is 5. The zero-order valence-corrected chi connectivity index (χ0v) is 10.8. The molecule has 0 spiro atoms. The predicted octanol–water partition coefficient (Wildman–Crippen LogP) is 0.222. The molecule has 6 nitrogen and oxygen atoms in total. The lowest BCUT2D eigenvalue weighted by molar-refractivity contribution is -0.155. The Balaban J connectivity index is 2.55. The van der Waals surface area contributed by atoms with E-state index in [1.165, 1.54) is 13.8 Å². The summed E-state index contributed by atoms with van der Waals surface area (Å²) in [6.45, 7) is 2.84. The van der Waals surface area contributed by atoms with E-state index in [1.807, 2.05) is 0 Å². The average molecular weight is 264 g/mol. The SMILES string of the molecule is C[C@H](NC(=O)c1ccccc1)C(=O)O[C@@H](C)C(N)=O. The molecule has 2 amide bonds. The van der Waals surface area contributed by atoms with Gasteiger partial charge in [0, 0.05) is 5.56 Å². The quantitative estimate of drug-likeness (QED) is 0.743. The first kappa shape index (κ1) is 14.7. The Labute approximate surface area is 110 Å². The Morgan fingerprint density at radius 1 is 1.16 bits per heavy atom. The van der Waals surface area contributed by atoms with E-state index in [9.17, 15) is 14.4 Å². The molecule has 0 saturated carbocycles. The molecule has 0 aliphatic carbocycles. The van der Waals surface area contributed by atoms with E-state index in [1.54, 1.807) is 30.3 Å². The molecule has 0 aliphatic heterocycles. The van der Waals surface area contributed by atoms with Gasteiger partial charge in [0.15, 0.2) is 6.10 Å². The van der Waals surface area contributed by atoms with Crippen LogP contribution in [0.5, 0.6) is 0 Å². The maximum Gasteiger partial charge on any atom is 0.329 e. The van der Waals surface area contributed by atoms with Crippen LogP contribution in [0.2, 0.25) is 0 Å². The van der Waals surface area contributed by atoms with Crippen molar-refractivity contribution >= 4 is 17.8 Å². The molecule has 0 heterocycles. The summed E-state index contributed by atoms with van der Waals surface area (Å²) in [4.78, 5) is 34.1. The second kappa shape index (κ2) is 6.53. The van der Waals surface area contributed by atoms with Crippen LogP contribution in [0.4, 0.5) is 0 Å². The highest BCUT2D eigenvalue weighted by Crippen LogP contribution is 2.00. The van der Waals surface area contributed by atoms with Gasteiger partial charge in [0.2, 0.25) is 0 Å². The summed E-state index contributed by atoms with van der Waals surface area (Å²) in [5.74, 6) is -1.85. The van der Waals surface area contributed by atoms with Gasteiger partial charge in [0.25, 0.3) is 11.8 Å². The van der Waals surface area contributed by atoms with Gasteiger partial charge < -0.3 is 15.8 Å². The second-order valence-electron chi connectivity index (χ2n) is 4.04. The van der Waals surface area contributed by atoms with Gasteiger partial charge in [-0.2, -0.15) is 0 Å². The maximum absolute atomic E-state index is 11.8. The van der Waals surface area contributed by atoms with Crippen LogP contribution in [0.1, 0.15) is 24.2 Å². The molecular formula is C13H16N2O4. The number of hydrogen-bond donors (Lipinski definition) is 2. The highest BCUT2D eigenvalue weighted by Gasteiger charge is 2.21. The summed E-state index contributed by atoms with van der Waals surface area (Å²) in [6.07, 6.45) is -1.02. The summed E-state index contributed by atoms with van der Waals surface area (Å²) in [6, 6.07) is 7.59. The molecule has 0 saturated heterocycles. The summed E-state index contributed by atoms with van der Waals surface area (Å²) in [7, 11) is 0. The summed E-state index contributed by atoms with van der Waals surface area (Å²) in [5, 5.41) is 2.47. The molecular weight excluding hydrogens is 248 g/mol. The van der Waals surface area contributed by atoms with Gasteiger partial charge in [-0.15, -0.1) is 0 Å². The summed E-state index contributed by atoms with van der Waals surface area (Å²) < 4.78 is 4.78. The minimum absolute atomic E-state index is 0.392. The maximum atomic E-state index is 11.8. The third-order valence-electron chi connectivity index (χ3n) is 2.43. The molecule has 0 unspecified atom stereocenters. The predicted molar refractivity (Wildman–Crippen MR) is 68.1 cm³/mol. The van der Waals surface area contributed by atoms with Crippen LogP contribution in [0.15, 0.2) is 30.3 Å². The van der Waals surface area contributed by atoms with Crippen molar-refractivity contribution < 1.29 is 19.1 Å². The molecule has 6 heteroatoms. The average Bonchev–Trinajstić information content (AvgIpc) is 2.39. The molecule has 3 N–H and O–H groups in total. The number of primary amides is 1. The van der Waals surface area contributed by atoms with Crippen molar-refractivity contribution in [3.8, 4) is 0 Å². The van der Waals surface area contributed by atoms with E-state index in [2.05, 4.69) is 5.32 Å². The van der Waals surface area contributed by atoms with Crippen molar-refractivity contribution in [2.24, 2.45) is 5.73 Å². The van der Waals surface area contributed by atoms with Crippen LogP contribution < -0.4 is 11.1 Å². The normalized spacial score (nSPS) is 13.2. The molecule has 1 aromatic rings. The fourth-order valence-electron chi connectivity index (χ4n) is 1.26. The van der Waals surface area contributed by atoms with Crippen molar-refractivity contribution in [3.63, 3.8) is 0 Å². The highest BCUT2D eigenvalue weighted by molar-refractivity contribution is 5.96. The Kier molecular flexibility index (Phi) is 5.05. The molecule has 0 radical (unpaired) electrons. The van der Waals surface area contributed by atoms with Gasteiger partial charge in [-0.3, -0.25) is 9.59 Å². The third-order valence-corrected chi connectivity index (χ3v) is 2.43. The molecule has 19 heavy (non-hydrogen) atoms. The fourth-order valence-corrected chi connectivity index (χ4v) is 1.26. The lowest BCUT2D eigenvalue weighted by Gasteiger charge is -2.15. The molecule has 0 aromatic heterocycles. The molecule has 0 fully saturated rings. The monoisotopic (exact) mass is 264 g/mol. The van der Waals surface area contributed by atoms with E-state index in [4.69, 9.17) is 10.5 Å². The largest absolute Gasteiger partial charge is 0.451 e. The topological polar surface area (TPSA) is 98.5 Å². The lowest BCUT2D eigenvalue weighted by Crippen LogP contribution is -2.42. The van der Waals surface area contributed by atoms with Crippen molar-refractivity contribution in [1.82, 2.24) is 5.32 Å². The number of carbonyl (C=O) groups excluding carboxylic acids is 3. The first-order chi connectivity index (χ1) is 8.91. The second-order valence-corrected chi connectivity index (χ2v) is 4.04. The number of nitrogens with two attached hydrogens (primary N) is 1. The number of esters is 1. The first-order valence-electron chi connectivity index (χ1n) is 5.77. The molecule has 2 atom stereocenters. The Bertz CT molecular complexity index is 473. The summed E-state index contributed by atoms with van der Waals surface area (Å²) in [5.41, 5.74) is 5.41. The first-order valence-corrected chi connectivity index (χ1v) is 5.77. The van der Waals surface area contributed by atoms with Crippen molar-refractivity contribution in [2.45, 2.75) is 26.0 Å². The van der Waals surface area contributed by atoms with Gasteiger partial charge in [0.1, 0.15) is 6.04 Å². The van der Waals surface area contributed by atoms with Crippen LogP contribution in [-0.2, 0) is 14.3 Å². The van der Waals surface area contributed by atoms with Crippen molar-refractivity contribution in [3.05, 3.63) is 35.9 Å². The fraction of sp³-hybridized carbons (Fsp3) is 0.308. The van der Waals surface area contributed by atoms with E-state index in [0.717, 1.165) is 0 Å². The highest BCUT2D eigenvalue weighted by atomic mass is 16.5. The molecule has 1 rings (SSSR count). The van der Waals surface area contributed by atoms with Gasteiger partial charge in [0.05, 0.1) is 0 Å². The number of nitrogens with one attached hydrogen (secondary N) is 1. The van der Waals surface area contributed by atoms with Gasteiger partial charge in [-0.1, -0.05) is 18.2 Å². The van der Waals surface area contributed by atoms with Crippen LogP contribution in [0.25, 0.3) is 0 Å². The van der Waals surface area contributed by atoms with Crippen LogP contribution in [0.3, 0.4) is 0 Å². The minimum Gasteiger partial charge on any atom is -0.451 e. The number of ether oxygens (including phenoxy) is 1. The van der Waals surface area contributed by atoms with E-state index < -0.39 is 29.9 Å². The number of benzene rings is 1. The van der Waals surface area contributed by atoms with Gasteiger partial charge >= 0.3 is 5.97 Å². The van der Waals surface area contributed by atoms with Gasteiger partial charge in [-0.05, 0) is 26.0 Å². The number of amides is 2. The van der Waals surface area contributed by atoms with E-state index >= 15 is 0 Å². The third kappa shape index (κ3) is 4.42. The van der Waals surface area contributed by atoms with Crippen molar-refractivity contribution in [1.29, 1.82) is 0 Å². The molecule has 0 bridgehead atoms. The summed E-state index contributed by atoms with van der Waals surface area (Å²) >= 11 is 0. The van der Waals surface area contributed by atoms with Crippen LogP contribution in [0, 0.1) is 0 Å². The molecule has 1 aromatic carbocycles. The molecule has 0 aliphatic rings. The van der Waals surface area contributed by atoms with Crippen molar-refractivity contribution in [2.75, 3.05) is 0 Å². The van der Waals surface area contributed by atoms with E-state index in [0.29, 0.717) is 5.56 Å². The van der Waals surface area contributed by atoms with Gasteiger partial charge in [-0.25, -0.2) is 4.79 Å². The minimum atomic E-state index is -1.02. The van der Waals surface area contributed by atoms with Crippen LogP contribution in [-0.4, -0.2) is 29.9 Å². The van der Waals surface area contributed by atoms with Crippen LogP contribution >= 0.6 is 0 Å². The number of hydrogen-bond acceptors (Lipinski definition) is 4. The lowest BCUT2D eigenvalue weighted by atomic mass is 10.2. The Morgan fingerprint density at radius 2 is 1.74 bits per heavy atom. The number of carbonyl (C=O) groups is 3. The molecule has 102 valence electrons. The smallest absolute Gasteiger partial charge is 0.329 e. The Hall–Kier alpha value is -2.37. The zero-order chi connectivity index (χ0) is 14.4. The zero-order valence-electron chi connectivity index (χ0n) is 10.8. The van der Waals surface area contributed by atoms with E-state index in [-0.39, 0.29) is 0 Å².